The largest absolute Gasteiger partial charge is 0.292 e. The van der Waals surface area contributed by atoms with Gasteiger partial charge in [0, 0.05) is 31.9 Å². The van der Waals surface area contributed by atoms with E-state index in [1.165, 1.54) is 6.20 Å². The Morgan fingerprint density at radius 3 is 2.60 bits per heavy atom. The summed E-state index contributed by atoms with van der Waals surface area (Å²) >= 11 is 5.64. The molecule has 0 aliphatic heterocycles. The Bertz CT molecular complexity index is 1180. The third-order valence-electron chi connectivity index (χ3n) is 4.49. The Balaban J connectivity index is 1.59. The summed E-state index contributed by atoms with van der Waals surface area (Å²) in [4.78, 5) is 16.4. The van der Waals surface area contributed by atoms with Crippen molar-refractivity contribution in [1.29, 1.82) is 0 Å². The van der Waals surface area contributed by atoms with Gasteiger partial charge in [0.05, 0.1) is 15.6 Å². The molecular formula is C20H20ClFN4O3S. The third kappa shape index (κ3) is 5.29. The van der Waals surface area contributed by atoms with Crippen LogP contribution in [0.5, 0.6) is 0 Å². The van der Waals surface area contributed by atoms with Crippen LogP contribution in [-0.2, 0) is 30.0 Å². The summed E-state index contributed by atoms with van der Waals surface area (Å²) in [7, 11) is -2.04. The van der Waals surface area contributed by atoms with E-state index in [-0.39, 0.29) is 22.2 Å². The van der Waals surface area contributed by atoms with Crippen LogP contribution in [0.3, 0.4) is 0 Å². The van der Waals surface area contributed by atoms with Crippen LogP contribution in [0.1, 0.15) is 33.9 Å². The molecule has 7 nitrogen and oxygen atoms in total. The first kappa shape index (κ1) is 22.1. The van der Waals surface area contributed by atoms with E-state index in [1.807, 2.05) is 20.0 Å². The van der Waals surface area contributed by atoms with Crippen molar-refractivity contribution in [2.45, 2.75) is 31.2 Å². The van der Waals surface area contributed by atoms with Gasteiger partial charge in [0.15, 0.2) is 5.78 Å². The lowest BCUT2D eigenvalue weighted by molar-refractivity contribution is 0.0977. The minimum atomic E-state index is -3.87. The maximum Gasteiger partial charge on any atom is 0.240 e. The predicted octanol–water partition coefficient (Wildman–Crippen LogP) is 3.21. The number of nitrogens with zero attached hydrogens (tertiary/aromatic N) is 3. The van der Waals surface area contributed by atoms with Crippen LogP contribution in [0.15, 0.2) is 47.5 Å². The van der Waals surface area contributed by atoms with E-state index in [4.69, 9.17) is 11.6 Å². The molecule has 0 saturated carbocycles. The first-order valence-electron chi connectivity index (χ1n) is 9.08. The molecular weight excluding hydrogens is 431 g/mol. The average molecular weight is 451 g/mol. The van der Waals surface area contributed by atoms with E-state index < -0.39 is 15.8 Å². The van der Waals surface area contributed by atoms with Crippen molar-refractivity contribution in [2.24, 2.45) is 7.05 Å². The molecule has 2 aromatic heterocycles. The summed E-state index contributed by atoms with van der Waals surface area (Å²) in [6, 6.07) is 8.30. The molecule has 10 heteroatoms. The number of Topliss-reactive ketones (excluding diaryl/α,β-unsaturated/α-hetero) is 1. The lowest BCUT2D eigenvalue weighted by Gasteiger charge is -2.08. The number of carbonyl (C=O) groups excluding carboxylic acids is 1. The first-order chi connectivity index (χ1) is 14.2. The van der Waals surface area contributed by atoms with Gasteiger partial charge in [-0.15, -0.1) is 0 Å². The Hall–Kier alpha value is -2.62. The Kier molecular flexibility index (Phi) is 6.64. The summed E-state index contributed by atoms with van der Waals surface area (Å²) in [6.45, 7) is 1.86. The topological polar surface area (TPSA) is 94.0 Å². The zero-order valence-corrected chi connectivity index (χ0v) is 18.0. The lowest BCUT2D eigenvalue weighted by Crippen LogP contribution is -2.23. The number of halogens is 2. The molecule has 3 rings (SSSR count). The van der Waals surface area contributed by atoms with E-state index in [0.29, 0.717) is 24.1 Å². The fraction of sp³-hybridized carbons (Fsp3) is 0.250. The highest BCUT2D eigenvalue weighted by molar-refractivity contribution is 7.89. The zero-order valence-electron chi connectivity index (χ0n) is 16.4. The number of aromatic nitrogens is 3. The van der Waals surface area contributed by atoms with E-state index in [1.54, 1.807) is 16.8 Å². The number of pyridine rings is 1. The molecule has 0 unspecified atom stereocenters. The molecule has 158 valence electrons. The highest BCUT2D eigenvalue weighted by Gasteiger charge is 2.16. The van der Waals surface area contributed by atoms with E-state index >= 15 is 0 Å². The summed E-state index contributed by atoms with van der Waals surface area (Å²) in [5.41, 5.74) is 2.75. The minimum absolute atomic E-state index is 0.0346. The second-order valence-electron chi connectivity index (χ2n) is 6.78. The van der Waals surface area contributed by atoms with Crippen molar-refractivity contribution in [3.8, 4) is 0 Å². The molecule has 0 amide bonds. The number of aryl methyl sites for hydroxylation is 3. The molecule has 2 heterocycles. The second kappa shape index (κ2) is 9.03. The standard InChI is InChI=1S/C20H20ClFN4O3S/c1-13-9-15(26(2)25-13)4-8-20(27)19-7-3-14(11-23-19)12-24-30(28,29)16-5-6-18(22)17(21)10-16/h3,5-7,9-11,24H,4,8,12H2,1-2H3. The highest BCUT2D eigenvalue weighted by atomic mass is 35.5. The maximum absolute atomic E-state index is 13.2. The molecule has 0 fully saturated rings. The van der Waals surface area contributed by atoms with Crippen LogP contribution in [0.2, 0.25) is 5.02 Å². The van der Waals surface area contributed by atoms with Gasteiger partial charge < -0.3 is 0 Å². The molecule has 1 aromatic carbocycles. The smallest absolute Gasteiger partial charge is 0.240 e. The number of benzene rings is 1. The van der Waals surface area contributed by atoms with Gasteiger partial charge in [0.25, 0.3) is 0 Å². The molecule has 1 N–H and O–H groups in total. The number of sulfonamides is 1. The fourth-order valence-electron chi connectivity index (χ4n) is 2.87. The summed E-state index contributed by atoms with van der Waals surface area (Å²) in [6.07, 6.45) is 2.30. The molecule has 0 atom stereocenters. The minimum Gasteiger partial charge on any atom is -0.292 e. The molecule has 0 bridgehead atoms. The van der Waals surface area contributed by atoms with Crippen LogP contribution < -0.4 is 4.72 Å². The fourth-order valence-corrected chi connectivity index (χ4v) is 4.16. The predicted molar refractivity (Wildman–Crippen MR) is 110 cm³/mol. The van der Waals surface area contributed by atoms with Crippen molar-refractivity contribution >= 4 is 27.4 Å². The molecule has 0 spiro atoms. The van der Waals surface area contributed by atoms with Gasteiger partial charge in [0.1, 0.15) is 11.5 Å². The monoisotopic (exact) mass is 450 g/mol. The van der Waals surface area contributed by atoms with Gasteiger partial charge >= 0.3 is 0 Å². The van der Waals surface area contributed by atoms with Crippen molar-refractivity contribution < 1.29 is 17.6 Å². The zero-order chi connectivity index (χ0) is 21.9. The maximum atomic E-state index is 13.2. The van der Waals surface area contributed by atoms with Crippen LogP contribution in [0.4, 0.5) is 4.39 Å². The van der Waals surface area contributed by atoms with E-state index in [2.05, 4.69) is 14.8 Å². The highest BCUT2D eigenvalue weighted by Crippen LogP contribution is 2.19. The van der Waals surface area contributed by atoms with Gasteiger partial charge in [-0.05, 0) is 49.2 Å². The summed E-state index contributed by atoms with van der Waals surface area (Å²) in [5.74, 6) is -0.805. The Labute approximate surface area is 179 Å². The van der Waals surface area contributed by atoms with Gasteiger partial charge in [-0.2, -0.15) is 5.10 Å². The molecule has 0 radical (unpaired) electrons. The number of ketones is 1. The van der Waals surface area contributed by atoms with Crippen LogP contribution in [0, 0.1) is 12.7 Å². The summed E-state index contributed by atoms with van der Waals surface area (Å²) < 4.78 is 42.0. The lowest BCUT2D eigenvalue weighted by atomic mass is 10.1. The Morgan fingerprint density at radius 1 is 1.23 bits per heavy atom. The van der Waals surface area contributed by atoms with Crippen molar-refractivity contribution in [1.82, 2.24) is 19.5 Å². The van der Waals surface area contributed by atoms with Gasteiger partial charge in [0.2, 0.25) is 10.0 Å². The van der Waals surface area contributed by atoms with Crippen molar-refractivity contribution in [3.63, 3.8) is 0 Å². The Morgan fingerprint density at radius 2 is 2.00 bits per heavy atom. The molecule has 0 aliphatic carbocycles. The molecule has 30 heavy (non-hydrogen) atoms. The summed E-state index contributed by atoms with van der Waals surface area (Å²) in [5, 5.41) is 3.98. The average Bonchev–Trinajstić information content (AvgIpc) is 3.04. The quantitative estimate of drug-likeness (QED) is 0.532. The number of rotatable bonds is 8. The van der Waals surface area contributed by atoms with Gasteiger partial charge in [-0.25, -0.2) is 17.5 Å². The van der Waals surface area contributed by atoms with Crippen molar-refractivity contribution in [3.05, 3.63) is 76.1 Å². The molecule has 3 aromatic rings. The third-order valence-corrected chi connectivity index (χ3v) is 6.17. The normalized spacial score (nSPS) is 11.6. The number of hydrogen-bond donors (Lipinski definition) is 1. The second-order valence-corrected chi connectivity index (χ2v) is 8.95. The van der Waals surface area contributed by atoms with Crippen LogP contribution >= 0.6 is 11.6 Å². The number of carbonyl (C=O) groups is 1. The first-order valence-corrected chi connectivity index (χ1v) is 10.9. The van der Waals surface area contributed by atoms with Crippen LogP contribution in [0.25, 0.3) is 0 Å². The van der Waals surface area contributed by atoms with Crippen LogP contribution in [-0.4, -0.2) is 29.0 Å². The van der Waals surface area contributed by atoms with Gasteiger partial charge in [-0.1, -0.05) is 17.7 Å². The SMILES string of the molecule is Cc1cc(CCC(=O)c2ccc(CNS(=O)(=O)c3ccc(F)c(Cl)c3)cn2)n(C)n1. The van der Waals surface area contributed by atoms with Crippen molar-refractivity contribution in [2.75, 3.05) is 0 Å². The van der Waals surface area contributed by atoms with Gasteiger partial charge in [-0.3, -0.25) is 14.5 Å². The van der Waals surface area contributed by atoms with E-state index in [0.717, 1.165) is 29.6 Å². The van der Waals surface area contributed by atoms with E-state index in [9.17, 15) is 17.6 Å². The molecule has 0 saturated heterocycles. The number of nitrogens with one attached hydrogen (secondary N) is 1. The molecule has 0 aliphatic rings. The number of hydrogen-bond acceptors (Lipinski definition) is 5.